The lowest BCUT2D eigenvalue weighted by Crippen LogP contribution is -2.58. The molecule has 0 unspecified atom stereocenters. The third-order valence-corrected chi connectivity index (χ3v) is 3.34. The molecule has 0 aliphatic carbocycles. The van der Waals surface area contributed by atoms with Crippen molar-refractivity contribution in [1.29, 1.82) is 0 Å². The van der Waals surface area contributed by atoms with Crippen molar-refractivity contribution in [3.63, 3.8) is 0 Å². The Morgan fingerprint density at radius 3 is 1.79 bits per heavy atom. The van der Waals surface area contributed by atoms with Gasteiger partial charge in [-0.3, -0.25) is 4.90 Å². The van der Waals surface area contributed by atoms with E-state index in [4.69, 9.17) is 15.9 Å². The van der Waals surface area contributed by atoms with Gasteiger partial charge in [0, 0.05) is 51.5 Å². The van der Waals surface area contributed by atoms with Gasteiger partial charge in [0.1, 0.15) is 0 Å². The van der Waals surface area contributed by atoms with Crippen LogP contribution in [0.3, 0.4) is 0 Å². The number of nitrogens with one attached hydrogen (secondary N) is 1. The fraction of sp³-hybridized carbons (Fsp3) is 1.00. The summed E-state index contributed by atoms with van der Waals surface area (Å²) in [6.07, 6.45) is 0.927. The van der Waals surface area contributed by atoms with E-state index in [1.165, 1.54) is 0 Å². The van der Waals surface area contributed by atoms with Crippen LogP contribution < -0.4 is 11.1 Å². The van der Waals surface area contributed by atoms with E-state index in [-0.39, 0.29) is 26.4 Å². The summed E-state index contributed by atoms with van der Waals surface area (Å²) in [7, 11) is 0. The maximum absolute atomic E-state index is 9.28. The van der Waals surface area contributed by atoms with E-state index in [1.807, 2.05) is 4.90 Å². The molecule has 19 heavy (non-hydrogen) atoms. The smallest absolute Gasteiger partial charge is 0.0558 e. The van der Waals surface area contributed by atoms with Crippen molar-refractivity contribution in [2.24, 2.45) is 5.73 Å². The summed E-state index contributed by atoms with van der Waals surface area (Å²) in [6, 6.07) is 0. The van der Waals surface area contributed by atoms with E-state index in [0.29, 0.717) is 45.6 Å². The average Bonchev–Trinajstić information content (AvgIpc) is 2.39. The van der Waals surface area contributed by atoms with Gasteiger partial charge in [0.05, 0.1) is 13.2 Å². The Bertz CT molecular complexity index is 195. The Hall–Kier alpha value is -0.280. The van der Waals surface area contributed by atoms with Gasteiger partial charge in [-0.15, -0.1) is 0 Å². The molecule has 0 amide bonds. The Balaban J connectivity index is 4.89. The van der Waals surface area contributed by atoms with Crippen LogP contribution in [0.25, 0.3) is 0 Å². The number of nitrogens with two attached hydrogens (primary N) is 1. The van der Waals surface area contributed by atoms with Crippen LogP contribution in [0.5, 0.6) is 0 Å². The molecule has 0 spiro atoms. The molecule has 7 nitrogen and oxygen atoms in total. The number of rotatable bonds is 13. The van der Waals surface area contributed by atoms with Crippen LogP contribution in [0.4, 0.5) is 0 Å². The number of hydrogen-bond donors (Lipinski definition) is 6. The molecule has 0 saturated carbocycles. The first-order chi connectivity index (χ1) is 9.20. The van der Waals surface area contributed by atoms with Crippen LogP contribution in [0.2, 0.25) is 0 Å². The van der Waals surface area contributed by atoms with Gasteiger partial charge in [-0.25, -0.2) is 0 Å². The van der Waals surface area contributed by atoms with Gasteiger partial charge < -0.3 is 31.5 Å². The molecule has 0 atom stereocenters. The molecular weight excluding hydrogens is 250 g/mol. The molecule has 0 fully saturated rings. The highest BCUT2D eigenvalue weighted by Crippen LogP contribution is 2.23. The van der Waals surface area contributed by atoms with E-state index in [0.717, 1.165) is 0 Å². The molecule has 0 aromatic carbocycles. The Morgan fingerprint density at radius 2 is 1.42 bits per heavy atom. The van der Waals surface area contributed by atoms with Crippen molar-refractivity contribution in [2.75, 3.05) is 59.2 Å². The fourth-order valence-corrected chi connectivity index (χ4v) is 2.40. The van der Waals surface area contributed by atoms with Gasteiger partial charge >= 0.3 is 0 Å². The number of aliphatic hydroxyl groups excluding tert-OH is 4. The van der Waals surface area contributed by atoms with E-state index in [2.05, 4.69) is 5.32 Å². The molecule has 0 saturated heterocycles. The van der Waals surface area contributed by atoms with Crippen LogP contribution in [0.1, 0.15) is 12.8 Å². The van der Waals surface area contributed by atoms with Gasteiger partial charge in [0.2, 0.25) is 0 Å². The molecule has 0 aromatic heterocycles. The Morgan fingerprint density at radius 1 is 0.895 bits per heavy atom. The zero-order valence-electron chi connectivity index (χ0n) is 11.6. The quantitative estimate of drug-likeness (QED) is 0.203. The van der Waals surface area contributed by atoms with Crippen molar-refractivity contribution in [3.05, 3.63) is 0 Å². The summed E-state index contributed by atoms with van der Waals surface area (Å²) in [4.78, 5) is 1.92. The van der Waals surface area contributed by atoms with Gasteiger partial charge in [-0.2, -0.15) is 0 Å². The molecule has 7 N–H and O–H groups in total. The molecule has 0 aromatic rings. The monoisotopic (exact) mass is 279 g/mol. The van der Waals surface area contributed by atoms with Gasteiger partial charge in [-0.1, -0.05) is 0 Å². The Kier molecular flexibility index (Phi) is 11.4. The lowest BCUT2D eigenvalue weighted by molar-refractivity contribution is 0.0144. The molecule has 0 bridgehead atoms. The summed E-state index contributed by atoms with van der Waals surface area (Å²) in [5.41, 5.74) is 4.96. The van der Waals surface area contributed by atoms with Crippen molar-refractivity contribution in [3.8, 4) is 0 Å². The maximum Gasteiger partial charge on any atom is 0.0558 e. The predicted molar refractivity (Wildman–Crippen MR) is 73.8 cm³/mol. The zero-order chi connectivity index (χ0) is 14.6. The number of hydrogen-bond acceptors (Lipinski definition) is 7. The molecule has 0 rings (SSSR count). The molecule has 0 radical (unpaired) electrons. The SMILES string of the molecule is NCCNCC(CCO)(CCO)N(CCO)CCO. The van der Waals surface area contributed by atoms with Crippen molar-refractivity contribution in [1.82, 2.24) is 10.2 Å². The fourth-order valence-electron chi connectivity index (χ4n) is 2.40. The van der Waals surface area contributed by atoms with Gasteiger partial charge in [-0.05, 0) is 12.8 Å². The van der Waals surface area contributed by atoms with E-state index in [1.54, 1.807) is 0 Å². The standard InChI is InChI=1S/C12H29N3O4/c13-3-4-14-11-12(1-7-16,2-8-17)15(5-9-18)6-10-19/h14,16-19H,1-11,13H2. The molecule has 0 aliphatic rings. The minimum absolute atomic E-state index is 0.0162. The summed E-state index contributed by atoms with van der Waals surface area (Å²) in [5, 5.41) is 40.1. The number of aliphatic hydroxyl groups is 4. The van der Waals surface area contributed by atoms with Crippen molar-refractivity contribution in [2.45, 2.75) is 18.4 Å². The van der Waals surface area contributed by atoms with E-state index in [9.17, 15) is 10.2 Å². The van der Waals surface area contributed by atoms with Crippen LogP contribution in [-0.2, 0) is 0 Å². The lowest BCUT2D eigenvalue weighted by atomic mass is 9.89. The van der Waals surface area contributed by atoms with E-state index >= 15 is 0 Å². The third kappa shape index (κ3) is 6.62. The van der Waals surface area contributed by atoms with Crippen molar-refractivity contribution >= 4 is 0 Å². The molecule has 7 heteroatoms. The maximum atomic E-state index is 9.28. The normalized spacial score (nSPS) is 12.3. The zero-order valence-corrected chi connectivity index (χ0v) is 11.6. The highest BCUT2D eigenvalue weighted by molar-refractivity contribution is 4.92. The third-order valence-electron chi connectivity index (χ3n) is 3.34. The predicted octanol–water partition coefficient (Wildman–Crippen LogP) is -2.68. The highest BCUT2D eigenvalue weighted by Gasteiger charge is 2.34. The first-order valence-electron chi connectivity index (χ1n) is 6.80. The first kappa shape index (κ1) is 18.7. The summed E-state index contributed by atoms with van der Waals surface area (Å²) < 4.78 is 0. The number of β-amino-alcohol motifs (C(OH)–C–C–N with tert-alkyl or cyclic N) is 2. The summed E-state index contributed by atoms with van der Waals surface area (Å²) in [6.45, 7) is 2.39. The second-order valence-electron chi connectivity index (χ2n) is 4.57. The minimum Gasteiger partial charge on any atom is -0.396 e. The lowest BCUT2D eigenvalue weighted by Gasteiger charge is -2.44. The van der Waals surface area contributed by atoms with Crippen LogP contribution in [0, 0.1) is 0 Å². The average molecular weight is 279 g/mol. The molecule has 0 heterocycles. The van der Waals surface area contributed by atoms with E-state index < -0.39 is 5.54 Å². The minimum atomic E-state index is -0.482. The largest absolute Gasteiger partial charge is 0.396 e. The second kappa shape index (κ2) is 11.5. The molecular formula is C12H29N3O4. The first-order valence-corrected chi connectivity index (χ1v) is 6.80. The second-order valence-corrected chi connectivity index (χ2v) is 4.57. The van der Waals surface area contributed by atoms with Gasteiger partial charge in [0.15, 0.2) is 0 Å². The summed E-state index contributed by atoms with van der Waals surface area (Å²) in [5.74, 6) is 0. The van der Waals surface area contributed by atoms with Crippen LogP contribution in [0.15, 0.2) is 0 Å². The molecule has 0 aliphatic heterocycles. The van der Waals surface area contributed by atoms with Gasteiger partial charge in [0.25, 0.3) is 0 Å². The van der Waals surface area contributed by atoms with Crippen molar-refractivity contribution < 1.29 is 20.4 Å². The Labute approximate surface area is 115 Å². The molecule has 116 valence electrons. The highest BCUT2D eigenvalue weighted by atomic mass is 16.3. The topological polar surface area (TPSA) is 122 Å². The summed E-state index contributed by atoms with van der Waals surface area (Å²) >= 11 is 0. The van der Waals surface area contributed by atoms with Crippen LogP contribution in [-0.4, -0.2) is 90.0 Å². The van der Waals surface area contributed by atoms with Crippen LogP contribution >= 0.6 is 0 Å². The number of nitrogens with zero attached hydrogens (tertiary/aromatic N) is 1.